The number of rotatable bonds is 5. The topological polar surface area (TPSA) is 42.7 Å². The van der Waals surface area contributed by atoms with E-state index in [0.29, 0.717) is 6.04 Å². The lowest BCUT2D eigenvalue weighted by Crippen LogP contribution is -2.44. The maximum absolute atomic E-state index is 4.44. The second-order valence-corrected chi connectivity index (χ2v) is 5.76. The molecule has 1 heterocycles. The summed E-state index contributed by atoms with van der Waals surface area (Å²) in [7, 11) is 0. The molecule has 0 aromatic carbocycles. The van der Waals surface area contributed by atoms with Gasteiger partial charge < -0.3 is 5.32 Å². The summed E-state index contributed by atoms with van der Waals surface area (Å²) in [5, 5.41) is 8.04. The van der Waals surface area contributed by atoms with Gasteiger partial charge in [0.25, 0.3) is 0 Å². The standard InChI is InChI=1S/C13H26N4/c1-7-8-14-12(13(4,5)6)9-17-11(3)15-10(2)16-17/h12,14H,7-9H2,1-6H3. The molecule has 0 aliphatic rings. The van der Waals surface area contributed by atoms with E-state index in [1.165, 1.54) is 0 Å². The molecule has 1 aromatic heterocycles. The summed E-state index contributed by atoms with van der Waals surface area (Å²) in [5.41, 5.74) is 0.224. The summed E-state index contributed by atoms with van der Waals surface area (Å²) >= 11 is 0. The molecule has 1 unspecified atom stereocenters. The van der Waals surface area contributed by atoms with Crippen LogP contribution in [0.5, 0.6) is 0 Å². The first-order valence-corrected chi connectivity index (χ1v) is 6.46. The molecule has 4 nitrogen and oxygen atoms in total. The minimum atomic E-state index is 0.224. The maximum atomic E-state index is 4.44. The third-order valence-corrected chi connectivity index (χ3v) is 3.00. The lowest BCUT2D eigenvalue weighted by molar-refractivity contribution is 0.234. The van der Waals surface area contributed by atoms with Gasteiger partial charge in [0.1, 0.15) is 11.6 Å². The lowest BCUT2D eigenvalue weighted by atomic mass is 9.86. The van der Waals surface area contributed by atoms with Crippen LogP contribution in [0, 0.1) is 19.3 Å². The van der Waals surface area contributed by atoms with E-state index in [9.17, 15) is 0 Å². The highest BCUT2D eigenvalue weighted by atomic mass is 15.4. The first-order chi connectivity index (χ1) is 7.84. The van der Waals surface area contributed by atoms with E-state index >= 15 is 0 Å². The summed E-state index contributed by atoms with van der Waals surface area (Å²) in [6, 6.07) is 0.419. The van der Waals surface area contributed by atoms with Gasteiger partial charge in [0.05, 0.1) is 6.54 Å². The van der Waals surface area contributed by atoms with Gasteiger partial charge in [-0.3, -0.25) is 0 Å². The molecule has 0 saturated carbocycles. The highest BCUT2D eigenvalue weighted by Crippen LogP contribution is 2.21. The lowest BCUT2D eigenvalue weighted by Gasteiger charge is -2.31. The molecule has 0 spiro atoms. The van der Waals surface area contributed by atoms with Crippen molar-refractivity contribution >= 4 is 0 Å². The third-order valence-electron chi connectivity index (χ3n) is 3.00. The Morgan fingerprint density at radius 1 is 1.29 bits per heavy atom. The SMILES string of the molecule is CCCNC(Cn1nc(C)nc1C)C(C)(C)C. The Balaban J connectivity index is 2.75. The van der Waals surface area contributed by atoms with Crippen LogP contribution in [0.3, 0.4) is 0 Å². The van der Waals surface area contributed by atoms with Gasteiger partial charge in [0.2, 0.25) is 0 Å². The summed E-state index contributed by atoms with van der Waals surface area (Å²) in [5.74, 6) is 1.85. The molecule has 0 fully saturated rings. The molecule has 0 amide bonds. The molecule has 0 aliphatic carbocycles. The minimum Gasteiger partial charge on any atom is -0.312 e. The van der Waals surface area contributed by atoms with Crippen molar-refractivity contribution in [2.45, 2.75) is 60.5 Å². The average molecular weight is 238 g/mol. The number of nitrogens with one attached hydrogen (secondary N) is 1. The first kappa shape index (κ1) is 14.2. The van der Waals surface area contributed by atoms with Crippen molar-refractivity contribution in [2.75, 3.05) is 6.54 Å². The van der Waals surface area contributed by atoms with Crippen molar-refractivity contribution in [2.24, 2.45) is 5.41 Å². The number of hydrogen-bond acceptors (Lipinski definition) is 3. The fourth-order valence-electron chi connectivity index (χ4n) is 1.87. The van der Waals surface area contributed by atoms with Crippen molar-refractivity contribution < 1.29 is 0 Å². The van der Waals surface area contributed by atoms with Crippen LogP contribution in [0.15, 0.2) is 0 Å². The number of aryl methyl sites for hydroxylation is 2. The van der Waals surface area contributed by atoms with E-state index in [0.717, 1.165) is 31.2 Å². The van der Waals surface area contributed by atoms with Gasteiger partial charge in [-0.25, -0.2) is 9.67 Å². The molecular formula is C13H26N4. The van der Waals surface area contributed by atoms with E-state index in [1.807, 2.05) is 18.5 Å². The zero-order valence-corrected chi connectivity index (χ0v) is 12.0. The van der Waals surface area contributed by atoms with Crippen LogP contribution in [-0.4, -0.2) is 27.4 Å². The fourth-order valence-corrected chi connectivity index (χ4v) is 1.87. The molecule has 1 rings (SSSR count). The normalized spacial score (nSPS) is 14.0. The van der Waals surface area contributed by atoms with Crippen molar-refractivity contribution in [3.63, 3.8) is 0 Å². The highest BCUT2D eigenvalue weighted by Gasteiger charge is 2.25. The zero-order chi connectivity index (χ0) is 13.1. The van der Waals surface area contributed by atoms with Crippen LogP contribution in [0.1, 0.15) is 45.8 Å². The van der Waals surface area contributed by atoms with E-state index in [2.05, 4.69) is 43.1 Å². The number of nitrogens with zero attached hydrogens (tertiary/aromatic N) is 3. The van der Waals surface area contributed by atoms with Gasteiger partial charge in [-0.15, -0.1) is 0 Å². The first-order valence-electron chi connectivity index (χ1n) is 6.46. The largest absolute Gasteiger partial charge is 0.312 e. The number of aromatic nitrogens is 3. The molecule has 98 valence electrons. The van der Waals surface area contributed by atoms with Crippen LogP contribution < -0.4 is 5.32 Å². The monoisotopic (exact) mass is 238 g/mol. The Bertz CT molecular complexity index is 349. The second-order valence-electron chi connectivity index (χ2n) is 5.76. The molecule has 0 aliphatic heterocycles. The molecule has 1 atom stereocenters. The molecule has 0 bridgehead atoms. The molecule has 17 heavy (non-hydrogen) atoms. The minimum absolute atomic E-state index is 0.224. The van der Waals surface area contributed by atoms with Crippen LogP contribution >= 0.6 is 0 Å². The summed E-state index contributed by atoms with van der Waals surface area (Å²) < 4.78 is 2.01. The number of hydrogen-bond donors (Lipinski definition) is 1. The van der Waals surface area contributed by atoms with Crippen LogP contribution in [0.2, 0.25) is 0 Å². The summed E-state index contributed by atoms with van der Waals surface area (Å²) in [6.45, 7) is 14.9. The van der Waals surface area contributed by atoms with E-state index in [1.54, 1.807) is 0 Å². The molecular weight excluding hydrogens is 212 g/mol. The molecule has 4 heteroatoms. The van der Waals surface area contributed by atoms with Crippen molar-refractivity contribution in [3.05, 3.63) is 11.6 Å². The Morgan fingerprint density at radius 2 is 1.94 bits per heavy atom. The zero-order valence-electron chi connectivity index (χ0n) is 12.0. The fraction of sp³-hybridized carbons (Fsp3) is 0.846. The molecule has 1 N–H and O–H groups in total. The molecule has 1 aromatic rings. The molecule has 0 radical (unpaired) electrons. The quantitative estimate of drug-likeness (QED) is 0.856. The Labute approximate surface area is 105 Å². The van der Waals surface area contributed by atoms with Crippen LogP contribution in [0.25, 0.3) is 0 Å². The third kappa shape index (κ3) is 4.11. The second kappa shape index (κ2) is 5.63. The average Bonchev–Trinajstić information content (AvgIpc) is 2.50. The van der Waals surface area contributed by atoms with Gasteiger partial charge in [0.15, 0.2) is 0 Å². The summed E-state index contributed by atoms with van der Waals surface area (Å²) in [4.78, 5) is 4.35. The Kier molecular flexibility index (Phi) is 4.69. The van der Waals surface area contributed by atoms with Gasteiger partial charge in [-0.1, -0.05) is 27.7 Å². The Hall–Kier alpha value is -0.900. The van der Waals surface area contributed by atoms with Crippen LogP contribution in [0.4, 0.5) is 0 Å². The van der Waals surface area contributed by atoms with Gasteiger partial charge in [0, 0.05) is 6.04 Å². The van der Waals surface area contributed by atoms with E-state index < -0.39 is 0 Å². The smallest absolute Gasteiger partial charge is 0.147 e. The Morgan fingerprint density at radius 3 is 2.35 bits per heavy atom. The van der Waals surface area contributed by atoms with Crippen molar-refractivity contribution in [3.8, 4) is 0 Å². The maximum Gasteiger partial charge on any atom is 0.147 e. The predicted octanol–water partition coefficient (Wildman–Crippen LogP) is 2.31. The summed E-state index contributed by atoms with van der Waals surface area (Å²) in [6.07, 6.45) is 1.15. The van der Waals surface area contributed by atoms with E-state index in [-0.39, 0.29) is 5.41 Å². The predicted molar refractivity (Wildman–Crippen MR) is 71.0 cm³/mol. The van der Waals surface area contributed by atoms with Gasteiger partial charge >= 0.3 is 0 Å². The van der Waals surface area contributed by atoms with Crippen molar-refractivity contribution in [1.29, 1.82) is 0 Å². The van der Waals surface area contributed by atoms with Crippen molar-refractivity contribution in [1.82, 2.24) is 20.1 Å². The molecule has 0 saturated heterocycles. The van der Waals surface area contributed by atoms with Gasteiger partial charge in [-0.2, -0.15) is 5.10 Å². The van der Waals surface area contributed by atoms with Gasteiger partial charge in [-0.05, 0) is 32.2 Å². The highest BCUT2D eigenvalue weighted by molar-refractivity contribution is 4.90. The van der Waals surface area contributed by atoms with E-state index in [4.69, 9.17) is 0 Å². The van der Waals surface area contributed by atoms with Crippen LogP contribution in [-0.2, 0) is 6.54 Å².